The van der Waals surface area contributed by atoms with Crippen molar-refractivity contribution in [1.29, 1.82) is 0 Å². The van der Waals surface area contributed by atoms with Crippen molar-refractivity contribution in [2.45, 2.75) is 52.2 Å². The van der Waals surface area contributed by atoms with Crippen molar-refractivity contribution in [2.24, 2.45) is 0 Å². The summed E-state index contributed by atoms with van der Waals surface area (Å²) in [6, 6.07) is 9.99. The van der Waals surface area contributed by atoms with Crippen molar-refractivity contribution in [1.82, 2.24) is 5.32 Å². The lowest BCUT2D eigenvalue weighted by Crippen LogP contribution is -2.39. The molecule has 1 aliphatic rings. The summed E-state index contributed by atoms with van der Waals surface area (Å²) >= 11 is 1.55. The zero-order valence-corrected chi connectivity index (χ0v) is 15.6. The summed E-state index contributed by atoms with van der Waals surface area (Å²) in [6.45, 7) is 5.46. The molecule has 2 atom stereocenters. The molecule has 0 fully saturated rings. The first-order valence-corrected chi connectivity index (χ1v) is 9.43. The van der Waals surface area contributed by atoms with E-state index < -0.39 is 12.1 Å². The molecule has 0 aliphatic heterocycles. The zero-order valence-electron chi connectivity index (χ0n) is 14.8. The van der Waals surface area contributed by atoms with Gasteiger partial charge in [0.05, 0.1) is 11.6 Å². The van der Waals surface area contributed by atoms with E-state index in [1.165, 1.54) is 11.1 Å². The summed E-state index contributed by atoms with van der Waals surface area (Å²) in [5.74, 6) is -0.687. The number of hydrogen-bond acceptors (Lipinski definition) is 4. The molecule has 1 aliphatic carbocycles. The molecule has 0 saturated heterocycles. The molecule has 5 heteroatoms. The van der Waals surface area contributed by atoms with Crippen molar-refractivity contribution < 1.29 is 14.3 Å². The number of benzene rings is 1. The van der Waals surface area contributed by atoms with Crippen molar-refractivity contribution in [2.75, 3.05) is 0 Å². The first-order valence-electron chi connectivity index (χ1n) is 8.62. The number of amides is 1. The Bertz CT molecular complexity index is 796. The maximum absolute atomic E-state index is 12.5. The molecule has 1 heterocycles. The number of esters is 1. The van der Waals surface area contributed by atoms with Gasteiger partial charge in [-0.1, -0.05) is 24.3 Å². The number of rotatable bonds is 4. The molecule has 2 aromatic rings. The number of fused-ring (bicyclic) bond motifs is 1. The average molecular weight is 357 g/mol. The molecule has 25 heavy (non-hydrogen) atoms. The standard InChI is InChI=1S/C20H23NO3S/c1-12-11-17(14(3)25-12)20(23)24-13(2)19(22)21-18-10-6-8-15-7-4-5-9-16(15)18/h4-5,7,9,11,13,18H,6,8,10H2,1-3H3,(H,21,22)/t13-,18-/m0/s1. The monoisotopic (exact) mass is 357 g/mol. The predicted molar refractivity (Wildman–Crippen MR) is 98.9 cm³/mol. The summed E-state index contributed by atoms with van der Waals surface area (Å²) in [7, 11) is 0. The number of aryl methyl sites for hydroxylation is 3. The highest BCUT2D eigenvalue weighted by Gasteiger charge is 2.26. The molecule has 1 aromatic heterocycles. The van der Waals surface area contributed by atoms with Crippen molar-refractivity contribution in [3.63, 3.8) is 0 Å². The average Bonchev–Trinajstić information content (AvgIpc) is 2.93. The van der Waals surface area contributed by atoms with Gasteiger partial charge in [-0.3, -0.25) is 4.79 Å². The highest BCUT2D eigenvalue weighted by Crippen LogP contribution is 2.29. The fourth-order valence-corrected chi connectivity index (χ4v) is 4.22. The van der Waals surface area contributed by atoms with E-state index in [0.717, 1.165) is 29.0 Å². The van der Waals surface area contributed by atoms with E-state index in [0.29, 0.717) is 5.56 Å². The largest absolute Gasteiger partial charge is 0.449 e. The molecule has 0 radical (unpaired) electrons. The van der Waals surface area contributed by atoms with Crippen LogP contribution in [0.4, 0.5) is 0 Å². The van der Waals surface area contributed by atoms with Gasteiger partial charge in [-0.25, -0.2) is 4.79 Å². The Labute approximate surface area is 152 Å². The van der Waals surface area contributed by atoms with E-state index in [4.69, 9.17) is 4.74 Å². The van der Waals surface area contributed by atoms with Crippen molar-refractivity contribution in [3.8, 4) is 0 Å². The SMILES string of the molecule is Cc1cc(C(=O)O[C@@H](C)C(=O)N[C@H]2CCCc3ccccc32)c(C)s1. The summed E-state index contributed by atoms with van der Waals surface area (Å²) in [5.41, 5.74) is 3.00. The normalized spacial score (nSPS) is 17.5. The Morgan fingerprint density at radius 3 is 2.76 bits per heavy atom. The minimum absolute atomic E-state index is 0.0104. The van der Waals surface area contributed by atoms with Crippen LogP contribution in [0, 0.1) is 13.8 Å². The van der Waals surface area contributed by atoms with Gasteiger partial charge in [-0.15, -0.1) is 11.3 Å². The molecule has 0 saturated carbocycles. The Hall–Kier alpha value is -2.14. The van der Waals surface area contributed by atoms with Crippen LogP contribution in [0.2, 0.25) is 0 Å². The second-order valence-corrected chi connectivity index (χ2v) is 7.99. The molecule has 1 amide bonds. The van der Waals surface area contributed by atoms with Gasteiger partial charge in [-0.2, -0.15) is 0 Å². The minimum Gasteiger partial charge on any atom is -0.449 e. The van der Waals surface area contributed by atoms with E-state index >= 15 is 0 Å². The van der Waals surface area contributed by atoms with Crippen LogP contribution < -0.4 is 5.32 Å². The lowest BCUT2D eigenvalue weighted by Gasteiger charge is -2.27. The number of hydrogen-bond donors (Lipinski definition) is 1. The number of carbonyl (C=O) groups excluding carboxylic acids is 2. The van der Waals surface area contributed by atoms with Crippen LogP contribution in [0.3, 0.4) is 0 Å². The number of carbonyl (C=O) groups is 2. The van der Waals surface area contributed by atoms with E-state index in [2.05, 4.69) is 17.4 Å². The quantitative estimate of drug-likeness (QED) is 0.838. The molecule has 4 nitrogen and oxygen atoms in total. The highest BCUT2D eigenvalue weighted by atomic mass is 32.1. The summed E-state index contributed by atoms with van der Waals surface area (Å²) in [5, 5.41) is 3.04. The van der Waals surface area contributed by atoms with Crippen LogP contribution in [0.15, 0.2) is 30.3 Å². The van der Waals surface area contributed by atoms with E-state index in [1.54, 1.807) is 18.3 Å². The molecule has 0 spiro atoms. The summed E-state index contributed by atoms with van der Waals surface area (Å²) in [6.07, 6.45) is 2.18. The van der Waals surface area contributed by atoms with Gasteiger partial charge in [-0.05, 0) is 57.2 Å². The molecular weight excluding hydrogens is 334 g/mol. The third-order valence-electron chi connectivity index (χ3n) is 4.60. The highest BCUT2D eigenvalue weighted by molar-refractivity contribution is 7.12. The fraction of sp³-hybridized carbons (Fsp3) is 0.400. The lowest BCUT2D eigenvalue weighted by atomic mass is 9.87. The zero-order chi connectivity index (χ0) is 18.0. The first-order chi connectivity index (χ1) is 12.0. The summed E-state index contributed by atoms with van der Waals surface area (Å²) in [4.78, 5) is 26.8. The molecule has 1 N–H and O–H groups in total. The number of ether oxygens (including phenoxy) is 1. The Morgan fingerprint density at radius 1 is 1.28 bits per heavy atom. The number of thiophene rings is 1. The van der Waals surface area contributed by atoms with E-state index in [9.17, 15) is 9.59 Å². The fourth-order valence-electron chi connectivity index (χ4n) is 3.30. The molecule has 132 valence electrons. The van der Waals surface area contributed by atoms with Crippen molar-refractivity contribution in [3.05, 3.63) is 56.8 Å². The Balaban J connectivity index is 1.64. The van der Waals surface area contributed by atoms with Gasteiger partial charge >= 0.3 is 5.97 Å². The first kappa shape index (κ1) is 17.7. The predicted octanol–water partition coefficient (Wildman–Crippen LogP) is 4.10. The summed E-state index contributed by atoms with van der Waals surface area (Å²) < 4.78 is 5.38. The van der Waals surface area contributed by atoms with Crippen LogP contribution >= 0.6 is 11.3 Å². The maximum Gasteiger partial charge on any atom is 0.340 e. The van der Waals surface area contributed by atoms with E-state index in [1.807, 2.05) is 32.0 Å². The molecule has 1 aromatic carbocycles. The smallest absolute Gasteiger partial charge is 0.340 e. The molecule has 3 rings (SSSR count). The second-order valence-electron chi connectivity index (χ2n) is 6.53. The molecule has 0 bridgehead atoms. The third-order valence-corrected chi connectivity index (χ3v) is 5.57. The maximum atomic E-state index is 12.5. The molecule has 0 unspecified atom stereocenters. The van der Waals surface area contributed by atoms with Crippen LogP contribution in [0.25, 0.3) is 0 Å². The topological polar surface area (TPSA) is 55.4 Å². The van der Waals surface area contributed by atoms with Crippen molar-refractivity contribution >= 4 is 23.2 Å². The van der Waals surface area contributed by atoms with E-state index in [-0.39, 0.29) is 11.9 Å². The van der Waals surface area contributed by atoms with Gasteiger partial charge in [0.15, 0.2) is 6.10 Å². The van der Waals surface area contributed by atoms with Gasteiger partial charge in [0.2, 0.25) is 0 Å². The Morgan fingerprint density at radius 2 is 2.04 bits per heavy atom. The third kappa shape index (κ3) is 3.93. The van der Waals surface area contributed by atoms with Crippen LogP contribution in [-0.4, -0.2) is 18.0 Å². The van der Waals surface area contributed by atoms with Crippen LogP contribution in [-0.2, 0) is 16.0 Å². The van der Waals surface area contributed by atoms with Gasteiger partial charge in [0.1, 0.15) is 0 Å². The van der Waals surface area contributed by atoms with Gasteiger partial charge < -0.3 is 10.1 Å². The second kappa shape index (κ2) is 7.40. The van der Waals surface area contributed by atoms with Gasteiger partial charge in [0.25, 0.3) is 5.91 Å². The van der Waals surface area contributed by atoms with Gasteiger partial charge in [0, 0.05) is 9.75 Å². The number of nitrogens with one attached hydrogen (secondary N) is 1. The minimum atomic E-state index is -0.818. The van der Waals surface area contributed by atoms with Crippen LogP contribution in [0.5, 0.6) is 0 Å². The van der Waals surface area contributed by atoms with Crippen LogP contribution in [0.1, 0.15) is 57.0 Å². The molecular formula is C20H23NO3S. The Kier molecular flexibility index (Phi) is 5.23. The lowest BCUT2D eigenvalue weighted by molar-refractivity contribution is -0.130.